The van der Waals surface area contributed by atoms with E-state index in [1.165, 1.54) is 0 Å². The zero-order valence-electron chi connectivity index (χ0n) is 13.3. The molecule has 0 aliphatic carbocycles. The van der Waals surface area contributed by atoms with E-state index in [-0.39, 0.29) is 23.5 Å². The number of rotatable bonds is 6. The summed E-state index contributed by atoms with van der Waals surface area (Å²) in [5.41, 5.74) is 0.0883. The average Bonchev–Trinajstić information content (AvgIpc) is 2.89. The molecule has 1 amide bonds. The van der Waals surface area contributed by atoms with Crippen molar-refractivity contribution in [1.82, 2.24) is 15.1 Å². The Morgan fingerprint density at radius 2 is 2.04 bits per heavy atom. The molecule has 2 N–H and O–H groups in total. The SMILES string of the molecule is CCCCCNC(=O)c1cccc2c1c(=O)[nH]n2C(=O)OCC. The van der Waals surface area contributed by atoms with E-state index in [0.29, 0.717) is 12.1 Å². The lowest BCUT2D eigenvalue weighted by Crippen LogP contribution is -2.25. The van der Waals surface area contributed by atoms with Crippen molar-refractivity contribution in [3.63, 3.8) is 0 Å². The number of aromatic nitrogens is 2. The molecule has 0 atom stereocenters. The standard InChI is InChI=1S/C16H21N3O4/c1-3-5-6-10-17-14(20)11-8-7-9-12-13(11)15(21)18-19(12)16(22)23-4-2/h7-9H,3-6,10H2,1-2H3,(H,17,20)(H,18,21). The zero-order chi connectivity index (χ0) is 16.8. The fraction of sp³-hybridized carbons (Fsp3) is 0.438. The highest BCUT2D eigenvalue weighted by molar-refractivity contribution is 6.07. The molecular weight excluding hydrogens is 298 g/mol. The molecule has 2 aromatic rings. The van der Waals surface area contributed by atoms with Gasteiger partial charge in [0.1, 0.15) is 0 Å². The minimum Gasteiger partial charge on any atom is -0.448 e. The minimum absolute atomic E-state index is 0.188. The number of nitrogens with one attached hydrogen (secondary N) is 2. The van der Waals surface area contributed by atoms with Crippen molar-refractivity contribution in [2.45, 2.75) is 33.1 Å². The molecule has 0 radical (unpaired) electrons. The predicted molar refractivity (Wildman–Crippen MR) is 86.8 cm³/mol. The molecule has 0 saturated carbocycles. The Labute approximate surface area is 133 Å². The van der Waals surface area contributed by atoms with Crippen LogP contribution in [0.5, 0.6) is 0 Å². The molecule has 7 heteroatoms. The van der Waals surface area contributed by atoms with Gasteiger partial charge in [-0.2, -0.15) is 4.68 Å². The van der Waals surface area contributed by atoms with Crippen LogP contribution in [0.15, 0.2) is 23.0 Å². The second-order valence-corrected chi connectivity index (χ2v) is 5.14. The molecular formula is C16H21N3O4. The van der Waals surface area contributed by atoms with Crippen LogP contribution in [0.4, 0.5) is 4.79 Å². The maximum absolute atomic E-state index is 12.3. The number of benzene rings is 1. The Morgan fingerprint density at radius 1 is 1.26 bits per heavy atom. The van der Waals surface area contributed by atoms with Crippen molar-refractivity contribution in [2.75, 3.05) is 13.2 Å². The lowest BCUT2D eigenvalue weighted by atomic mass is 10.1. The molecule has 2 rings (SSSR count). The first-order valence-corrected chi connectivity index (χ1v) is 7.79. The Balaban J connectivity index is 2.33. The van der Waals surface area contributed by atoms with Gasteiger partial charge in [0.25, 0.3) is 11.5 Å². The van der Waals surface area contributed by atoms with Crippen LogP contribution in [-0.4, -0.2) is 34.9 Å². The Bertz CT molecular complexity index is 760. The molecule has 0 aliphatic rings. The lowest BCUT2D eigenvalue weighted by molar-refractivity contribution is 0.0954. The summed E-state index contributed by atoms with van der Waals surface area (Å²) in [5, 5.41) is 5.40. The van der Waals surface area contributed by atoms with E-state index in [1.54, 1.807) is 25.1 Å². The van der Waals surface area contributed by atoms with Crippen molar-refractivity contribution in [1.29, 1.82) is 0 Å². The summed E-state index contributed by atoms with van der Waals surface area (Å²) in [4.78, 5) is 36.3. The van der Waals surface area contributed by atoms with Gasteiger partial charge in [-0.25, -0.2) is 4.79 Å². The van der Waals surface area contributed by atoms with Crippen molar-refractivity contribution < 1.29 is 14.3 Å². The summed E-state index contributed by atoms with van der Waals surface area (Å²) in [6.45, 7) is 4.51. The quantitative estimate of drug-likeness (QED) is 0.799. The third kappa shape index (κ3) is 3.61. The van der Waals surface area contributed by atoms with Crippen LogP contribution in [0.2, 0.25) is 0 Å². The van der Waals surface area contributed by atoms with Gasteiger partial charge in [-0.15, -0.1) is 0 Å². The highest BCUT2D eigenvalue weighted by Crippen LogP contribution is 2.15. The number of carbonyl (C=O) groups excluding carboxylic acids is 2. The van der Waals surface area contributed by atoms with E-state index in [1.807, 2.05) is 0 Å². The molecule has 7 nitrogen and oxygen atoms in total. The Morgan fingerprint density at radius 3 is 2.74 bits per heavy atom. The number of H-pyrrole nitrogens is 1. The number of fused-ring (bicyclic) bond motifs is 1. The molecule has 23 heavy (non-hydrogen) atoms. The van der Waals surface area contributed by atoms with Gasteiger partial charge >= 0.3 is 6.09 Å². The van der Waals surface area contributed by atoms with Gasteiger partial charge in [0, 0.05) is 6.54 Å². The number of carbonyl (C=O) groups is 2. The topological polar surface area (TPSA) is 93.2 Å². The molecule has 1 heterocycles. The van der Waals surface area contributed by atoms with Crippen molar-refractivity contribution >= 4 is 22.9 Å². The van der Waals surface area contributed by atoms with Gasteiger partial charge in [0.15, 0.2) is 0 Å². The third-order valence-corrected chi connectivity index (χ3v) is 3.48. The summed E-state index contributed by atoms with van der Waals surface area (Å²) in [5.74, 6) is -0.321. The highest BCUT2D eigenvalue weighted by Gasteiger charge is 2.19. The number of ether oxygens (including phenoxy) is 1. The molecule has 1 aromatic carbocycles. The number of unbranched alkanes of at least 4 members (excludes halogenated alkanes) is 2. The number of hydrogen-bond donors (Lipinski definition) is 2. The summed E-state index contributed by atoms with van der Waals surface area (Å²) in [6, 6.07) is 4.80. The Kier molecular flexibility index (Phi) is 5.56. The fourth-order valence-corrected chi connectivity index (χ4v) is 2.38. The summed E-state index contributed by atoms with van der Waals surface area (Å²) < 4.78 is 5.92. The predicted octanol–water partition coefficient (Wildman–Crippen LogP) is 2.25. The van der Waals surface area contributed by atoms with Crippen LogP contribution in [0, 0.1) is 0 Å². The molecule has 124 valence electrons. The smallest absolute Gasteiger partial charge is 0.433 e. The molecule has 0 aliphatic heterocycles. The first kappa shape index (κ1) is 16.8. The van der Waals surface area contributed by atoms with Gasteiger partial charge < -0.3 is 10.1 Å². The first-order valence-electron chi connectivity index (χ1n) is 7.79. The fourth-order valence-electron chi connectivity index (χ4n) is 2.38. The van der Waals surface area contributed by atoms with E-state index in [9.17, 15) is 14.4 Å². The second kappa shape index (κ2) is 7.62. The van der Waals surface area contributed by atoms with Crippen LogP contribution in [0.25, 0.3) is 10.9 Å². The number of aromatic amines is 1. The zero-order valence-corrected chi connectivity index (χ0v) is 13.3. The van der Waals surface area contributed by atoms with E-state index in [0.717, 1.165) is 23.9 Å². The van der Waals surface area contributed by atoms with Gasteiger partial charge in [-0.05, 0) is 25.5 Å². The Hall–Kier alpha value is -2.57. The van der Waals surface area contributed by atoms with E-state index in [2.05, 4.69) is 17.3 Å². The normalized spacial score (nSPS) is 10.7. The van der Waals surface area contributed by atoms with Crippen molar-refractivity contribution in [3.05, 3.63) is 34.1 Å². The van der Waals surface area contributed by atoms with Gasteiger partial charge in [-0.3, -0.25) is 14.7 Å². The summed E-state index contributed by atoms with van der Waals surface area (Å²) in [7, 11) is 0. The molecule has 1 aromatic heterocycles. The maximum Gasteiger partial charge on any atom is 0.433 e. The van der Waals surface area contributed by atoms with E-state index >= 15 is 0 Å². The van der Waals surface area contributed by atoms with Crippen LogP contribution in [0.3, 0.4) is 0 Å². The highest BCUT2D eigenvalue weighted by atomic mass is 16.6. The number of hydrogen-bond acceptors (Lipinski definition) is 4. The molecule has 0 bridgehead atoms. The molecule has 0 spiro atoms. The third-order valence-electron chi connectivity index (χ3n) is 3.48. The van der Waals surface area contributed by atoms with E-state index in [4.69, 9.17) is 4.74 Å². The summed E-state index contributed by atoms with van der Waals surface area (Å²) >= 11 is 0. The van der Waals surface area contributed by atoms with Crippen LogP contribution < -0.4 is 10.9 Å². The number of amides is 1. The molecule has 0 unspecified atom stereocenters. The largest absolute Gasteiger partial charge is 0.448 e. The van der Waals surface area contributed by atoms with Gasteiger partial charge in [0.05, 0.1) is 23.1 Å². The molecule has 0 saturated heterocycles. The first-order chi connectivity index (χ1) is 11.1. The summed E-state index contributed by atoms with van der Waals surface area (Å²) in [6.07, 6.45) is 2.30. The lowest BCUT2D eigenvalue weighted by Gasteiger charge is -2.06. The maximum atomic E-state index is 12.3. The van der Waals surface area contributed by atoms with Crippen LogP contribution in [-0.2, 0) is 4.74 Å². The van der Waals surface area contributed by atoms with E-state index < -0.39 is 11.7 Å². The van der Waals surface area contributed by atoms with Crippen LogP contribution >= 0.6 is 0 Å². The second-order valence-electron chi connectivity index (χ2n) is 5.14. The van der Waals surface area contributed by atoms with Crippen molar-refractivity contribution in [3.8, 4) is 0 Å². The van der Waals surface area contributed by atoms with Gasteiger partial charge in [0.2, 0.25) is 0 Å². The molecule has 0 fully saturated rings. The number of nitrogens with zero attached hydrogens (tertiary/aromatic N) is 1. The average molecular weight is 319 g/mol. The minimum atomic E-state index is -0.680. The van der Waals surface area contributed by atoms with Gasteiger partial charge in [-0.1, -0.05) is 25.8 Å². The monoisotopic (exact) mass is 319 g/mol. The van der Waals surface area contributed by atoms with Crippen molar-refractivity contribution in [2.24, 2.45) is 0 Å². The van der Waals surface area contributed by atoms with Crippen LogP contribution in [0.1, 0.15) is 43.5 Å².